The third kappa shape index (κ3) is 5.00. The molecule has 1 aromatic carbocycles. The van der Waals surface area contributed by atoms with E-state index in [1.807, 2.05) is 11.9 Å². The Kier molecular flexibility index (Phi) is 6.45. The molecule has 0 unspecified atom stereocenters. The maximum atomic E-state index is 12.3. The van der Waals surface area contributed by atoms with Gasteiger partial charge in [-0.2, -0.15) is 0 Å². The van der Waals surface area contributed by atoms with Crippen molar-refractivity contribution in [2.75, 3.05) is 30.9 Å². The number of aromatic nitrogens is 2. The van der Waals surface area contributed by atoms with Crippen molar-refractivity contribution in [3.8, 4) is 0 Å². The van der Waals surface area contributed by atoms with Crippen LogP contribution in [0, 0.1) is 0 Å². The topological polar surface area (TPSA) is 84.4 Å². The zero-order valence-electron chi connectivity index (χ0n) is 14.7. The Morgan fingerprint density at radius 1 is 1.20 bits per heavy atom. The monoisotopic (exact) mass is 342 g/mol. The molecule has 132 valence electrons. The molecule has 0 saturated carbocycles. The Labute approximate surface area is 147 Å². The average Bonchev–Trinajstić information content (AvgIpc) is 2.65. The van der Waals surface area contributed by atoms with Crippen LogP contribution in [0.5, 0.6) is 0 Å². The minimum absolute atomic E-state index is 0.205. The second-order valence-corrected chi connectivity index (χ2v) is 5.58. The summed E-state index contributed by atoms with van der Waals surface area (Å²) in [6.07, 6.45) is 2.17. The van der Waals surface area contributed by atoms with Crippen LogP contribution in [0.15, 0.2) is 36.4 Å². The second-order valence-electron chi connectivity index (χ2n) is 5.58. The Morgan fingerprint density at radius 2 is 2.00 bits per heavy atom. The summed E-state index contributed by atoms with van der Waals surface area (Å²) in [6, 6.07) is 9.91. The van der Waals surface area contributed by atoms with Crippen molar-refractivity contribution in [2.45, 2.75) is 19.8 Å². The summed E-state index contributed by atoms with van der Waals surface area (Å²) < 4.78 is 4.67. The van der Waals surface area contributed by atoms with E-state index in [0.717, 1.165) is 25.2 Å². The number of benzene rings is 1. The summed E-state index contributed by atoms with van der Waals surface area (Å²) in [4.78, 5) is 25.8. The van der Waals surface area contributed by atoms with Crippen molar-refractivity contribution in [1.82, 2.24) is 10.2 Å². The molecule has 0 aliphatic carbocycles. The van der Waals surface area contributed by atoms with Gasteiger partial charge in [-0.25, -0.2) is 4.79 Å². The molecule has 0 aliphatic heterocycles. The Hall–Kier alpha value is -2.96. The molecule has 0 fully saturated rings. The van der Waals surface area contributed by atoms with Crippen molar-refractivity contribution in [2.24, 2.45) is 0 Å². The van der Waals surface area contributed by atoms with E-state index in [2.05, 4.69) is 27.2 Å². The predicted molar refractivity (Wildman–Crippen MR) is 95.9 cm³/mol. The lowest BCUT2D eigenvalue weighted by Crippen LogP contribution is -2.21. The number of nitrogens with zero attached hydrogens (tertiary/aromatic N) is 3. The number of hydrogen-bond donors (Lipinski definition) is 1. The lowest BCUT2D eigenvalue weighted by Gasteiger charge is -2.16. The molecule has 1 heterocycles. The van der Waals surface area contributed by atoms with Crippen LogP contribution in [0.4, 0.5) is 11.5 Å². The Bertz CT molecular complexity index is 731. The molecular formula is C18H22N4O3. The van der Waals surface area contributed by atoms with Gasteiger partial charge in [0.25, 0.3) is 5.91 Å². The van der Waals surface area contributed by atoms with E-state index in [0.29, 0.717) is 11.3 Å². The fraction of sp³-hybridized carbons (Fsp3) is 0.333. The lowest BCUT2D eigenvalue weighted by molar-refractivity contribution is 0.0600. The van der Waals surface area contributed by atoms with Gasteiger partial charge < -0.3 is 15.0 Å². The van der Waals surface area contributed by atoms with Crippen LogP contribution in [-0.4, -0.2) is 42.8 Å². The fourth-order valence-corrected chi connectivity index (χ4v) is 2.20. The first-order valence-electron chi connectivity index (χ1n) is 8.09. The maximum Gasteiger partial charge on any atom is 0.337 e. The number of nitrogens with one attached hydrogen (secondary N) is 1. The largest absolute Gasteiger partial charge is 0.465 e. The molecule has 1 N–H and O–H groups in total. The van der Waals surface area contributed by atoms with Gasteiger partial charge in [0.05, 0.1) is 12.7 Å². The normalized spacial score (nSPS) is 10.2. The first-order chi connectivity index (χ1) is 12.0. The Morgan fingerprint density at radius 3 is 2.64 bits per heavy atom. The van der Waals surface area contributed by atoms with Crippen molar-refractivity contribution >= 4 is 23.4 Å². The van der Waals surface area contributed by atoms with Crippen LogP contribution in [0.3, 0.4) is 0 Å². The van der Waals surface area contributed by atoms with Gasteiger partial charge in [0.2, 0.25) is 0 Å². The number of hydrogen-bond acceptors (Lipinski definition) is 6. The van der Waals surface area contributed by atoms with Gasteiger partial charge in [-0.3, -0.25) is 4.79 Å². The van der Waals surface area contributed by atoms with Crippen molar-refractivity contribution < 1.29 is 14.3 Å². The Balaban J connectivity index is 2.05. The molecule has 1 aromatic heterocycles. The van der Waals surface area contributed by atoms with E-state index in [1.165, 1.54) is 7.11 Å². The lowest BCUT2D eigenvalue weighted by atomic mass is 10.2. The summed E-state index contributed by atoms with van der Waals surface area (Å²) in [7, 11) is 3.25. The van der Waals surface area contributed by atoms with Gasteiger partial charge in [-0.05, 0) is 36.8 Å². The van der Waals surface area contributed by atoms with Gasteiger partial charge in [-0.15, -0.1) is 10.2 Å². The van der Waals surface area contributed by atoms with Crippen LogP contribution >= 0.6 is 0 Å². The number of rotatable bonds is 7. The van der Waals surface area contributed by atoms with Crippen molar-refractivity contribution in [3.05, 3.63) is 47.7 Å². The summed E-state index contributed by atoms with van der Waals surface area (Å²) in [6.45, 7) is 3.01. The number of ether oxygens (including phenoxy) is 1. The van der Waals surface area contributed by atoms with Gasteiger partial charge >= 0.3 is 5.97 Å². The SMILES string of the molecule is CCCCN(C)c1ccc(C(=O)Nc2cccc(C(=O)OC)c2)nn1. The molecule has 1 amide bonds. The zero-order chi connectivity index (χ0) is 18.2. The summed E-state index contributed by atoms with van der Waals surface area (Å²) in [5.74, 6) is -0.134. The highest BCUT2D eigenvalue weighted by Crippen LogP contribution is 2.14. The van der Waals surface area contributed by atoms with Gasteiger partial charge in [0.1, 0.15) is 0 Å². The molecule has 0 spiro atoms. The third-order valence-corrected chi connectivity index (χ3v) is 3.66. The predicted octanol–water partition coefficient (Wildman–Crippen LogP) is 2.75. The van der Waals surface area contributed by atoms with Crippen LogP contribution in [0.1, 0.15) is 40.6 Å². The molecule has 0 saturated heterocycles. The highest BCUT2D eigenvalue weighted by atomic mass is 16.5. The molecule has 7 heteroatoms. The average molecular weight is 342 g/mol. The maximum absolute atomic E-state index is 12.3. The minimum Gasteiger partial charge on any atom is -0.465 e. The van der Waals surface area contributed by atoms with E-state index >= 15 is 0 Å². The quantitative estimate of drug-likeness (QED) is 0.779. The van der Waals surface area contributed by atoms with E-state index in [4.69, 9.17) is 0 Å². The summed E-state index contributed by atoms with van der Waals surface area (Å²) >= 11 is 0. The molecule has 2 rings (SSSR count). The van der Waals surface area contributed by atoms with Gasteiger partial charge in [0, 0.05) is 19.3 Å². The van der Waals surface area contributed by atoms with Crippen molar-refractivity contribution in [3.63, 3.8) is 0 Å². The molecule has 0 bridgehead atoms. The first-order valence-corrected chi connectivity index (χ1v) is 8.09. The van der Waals surface area contributed by atoms with E-state index in [1.54, 1.807) is 36.4 Å². The number of amides is 1. The molecule has 2 aromatic rings. The zero-order valence-corrected chi connectivity index (χ0v) is 14.7. The highest BCUT2D eigenvalue weighted by molar-refractivity contribution is 6.03. The van der Waals surface area contributed by atoms with Gasteiger partial charge in [0.15, 0.2) is 11.5 Å². The third-order valence-electron chi connectivity index (χ3n) is 3.66. The molecule has 7 nitrogen and oxygen atoms in total. The standard InChI is InChI=1S/C18H22N4O3/c1-4-5-11-22(2)16-10-9-15(20-21-16)17(23)19-14-8-6-7-13(12-14)18(24)25-3/h6-10,12H,4-5,11H2,1-3H3,(H,19,23). The van der Waals surface area contributed by atoms with Crippen LogP contribution < -0.4 is 10.2 Å². The molecule has 0 atom stereocenters. The molecule has 0 aliphatic rings. The van der Waals surface area contributed by atoms with Crippen LogP contribution in [0.2, 0.25) is 0 Å². The van der Waals surface area contributed by atoms with Crippen molar-refractivity contribution in [1.29, 1.82) is 0 Å². The van der Waals surface area contributed by atoms with E-state index < -0.39 is 11.9 Å². The van der Waals surface area contributed by atoms with E-state index in [-0.39, 0.29) is 5.69 Å². The summed E-state index contributed by atoms with van der Waals surface area (Å²) in [5, 5.41) is 10.8. The number of esters is 1. The number of carbonyl (C=O) groups is 2. The number of anilines is 2. The molecule has 0 radical (unpaired) electrons. The smallest absolute Gasteiger partial charge is 0.337 e. The summed E-state index contributed by atoms with van der Waals surface area (Å²) in [5.41, 5.74) is 1.05. The van der Waals surface area contributed by atoms with Crippen LogP contribution in [0.25, 0.3) is 0 Å². The minimum atomic E-state index is -0.463. The van der Waals surface area contributed by atoms with E-state index in [9.17, 15) is 9.59 Å². The molecule has 25 heavy (non-hydrogen) atoms. The molecular weight excluding hydrogens is 320 g/mol. The fourth-order valence-electron chi connectivity index (χ4n) is 2.20. The van der Waals surface area contributed by atoms with Crippen LogP contribution in [-0.2, 0) is 4.74 Å². The highest BCUT2D eigenvalue weighted by Gasteiger charge is 2.12. The number of methoxy groups -OCH3 is 1. The number of unbranched alkanes of at least 4 members (excludes halogenated alkanes) is 1. The first kappa shape index (κ1) is 18.4. The second kappa shape index (κ2) is 8.77. The number of carbonyl (C=O) groups excluding carboxylic acids is 2. The van der Waals surface area contributed by atoms with Gasteiger partial charge in [-0.1, -0.05) is 19.4 Å².